The van der Waals surface area contributed by atoms with Gasteiger partial charge in [0, 0.05) is 18.4 Å². The van der Waals surface area contributed by atoms with E-state index in [4.69, 9.17) is 0 Å². The van der Waals surface area contributed by atoms with Crippen LogP contribution >= 0.6 is 0 Å². The molecule has 2 unspecified atom stereocenters. The number of nitrogens with one attached hydrogen (secondary N) is 1. The Hall–Kier alpha value is -0.890. The molecule has 20 heavy (non-hydrogen) atoms. The third-order valence-electron chi connectivity index (χ3n) is 5.31. The minimum Gasteiger partial charge on any atom is -0.313 e. The van der Waals surface area contributed by atoms with Gasteiger partial charge in [-0.25, -0.2) is 0 Å². The van der Waals surface area contributed by atoms with E-state index in [1.165, 1.54) is 44.1 Å². The van der Waals surface area contributed by atoms with Gasteiger partial charge in [0.25, 0.3) is 0 Å². The van der Waals surface area contributed by atoms with Crippen LogP contribution in [0.3, 0.4) is 0 Å². The molecule has 0 saturated heterocycles. The third-order valence-corrected chi connectivity index (χ3v) is 5.31. The van der Waals surface area contributed by atoms with Crippen LogP contribution in [-0.4, -0.2) is 17.6 Å². The molecule has 2 atom stereocenters. The lowest BCUT2D eigenvalue weighted by Crippen LogP contribution is -2.47. The zero-order valence-electron chi connectivity index (χ0n) is 13.4. The van der Waals surface area contributed by atoms with E-state index >= 15 is 0 Å². The summed E-state index contributed by atoms with van der Waals surface area (Å²) in [5.74, 6) is 0.558. The van der Waals surface area contributed by atoms with E-state index in [1.807, 2.05) is 12.4 Å². The monoisotopic (exact) mass is 274 g/mol. The lowest BCUT2D eigenvalue weighted by Gasteiger charge is -2.41. The van der Waals surface area contributed by atoms with Gasteiger partial charge in [-0.2, -0.15) is 0 Å². The van der Waals surface area contributed by atoms with Gasteiger partial charge in [0.05, 0.1) is 0 Å². The van der Waals surface area contributed by atoms with Crippen LogP contribution in [0.4, 0.5) is 0 Å². The number of hydrogen-bond acceptors (Lipinski definition) is 2. The van der Waals surface area contributed by atoms with Crippen LogP contribution in [0.25, 0.3) is 0 Å². The molecule has 0 bridgehead atoms. The fourth-order valence-corrected chi connectivity index (χ4v) is 4.05. The van der Waals surface area contributed by atoms with Crippen molar-refractivity contribution in [3.63, 3.8) is 0 Å². The van der Waals surface area contributed by atoms with Crippen molar-refractivity contribution in [3.05, 3.63) is 30.1 Å². The Morgan fingerprint density at radius 2 is 1.85 bits per heavy atom. The third kappa shape index (κ3) is 3.22. The maximum atomic E-state index is 4.16. The van der Waals surface area contributed by atoms with Gasteiger partial charge in [0.2, 0.25) is 0 Å². The van der Waals surface area contributed by atoms with E-state index in [-0.39, 0.29) is 0 Å². The van der Waals surface area contributed by atoms with E-state index in [0.29, 0.717) is 17.4 Å². The van der Waals surface area contributed by atoms with E-state index in [2.05, 4.69) is 43.2 Å². The quantitative estimate of drug-likeness (QED) is 0.790. The second kappa shape index (κ2) is 7.21. The maximum Gasteiger partial charge on any atom is 0.0270 e. The molecule has 0 aromatic carbocycles. The Balaban J connectivity index is 2.22. The van der Waals surface area contributed by atoms with Crippen molar-refractivity contribution in [2.45, 2.75) is 71.3 Å². The molecule has 1 fully saturated rings. The Kier molecular flexibility index (Phi) is 5.59. The average molecular weight is 274 g/mol. The lowest BCUT2D eigenvalue weighted by atomic mass is 9.70. The minimum absolute atomic E-state index is 0.498. The average Bonchev–Trinajstić information content (AvgIpc) is 2.98. The highest BCUT2D eigenvalue weighted by molar-refractivity contribution is 5.19. The summed E-state index contributed by atoms with van der Waals surface area (Å²) in [6.45, 7) is 8.15. The highest BCUT2D eigenvalue weighted by atomic mass is 14.9. The Morgan fingerprint density at radius 1 is 1.20 bits per heavy atom. The van der Waals surface area contributed by atoms with Crippen LogP contribution in [-0.2, 0) is 0 Å². The SMILES string of the molecule is CCCNC(C(C)c1ccncc1)C1(CC)CCCC1. The van der Waals surface area contributed by atoms with Crippen molar-refractivity contribution in [3.8, 4) is 0 Å². The molecule has 1 heterocycles. The molecule has 1 aromatic rings. The molecular weight excluding hydrogens is 244 g/mol. The summed E-state index contributed by atoms with van der Waals surface area (Å²) >= 11 is 0. The first-order chi connectivity index (χ1) is 9.73. The number of pyridine rings is 1. The predicted molar refractivity (Wildman–Crippen MR) is 85.9 cm³/mol. The first-order valence-electron chi connectivity index (χ1n) is 8.37. The van der Waals surface area contributed by atoms with Gasteiger partial charge in [-0.05, 0) is 61.3 Å². The van der Waals surface area contributed by atoms with E-state index < -0.39 is 0 Å². The summed E-state index contributed by atoms with van der Waals surface area (Å²) in [4.78, 5) is 4.16. The van der Waals surface area contributed by atoms with Crippen LogP contribution in [0.5, 0.6) is 0 Å². The Labute approximate surface area is 124 Å². The van der Waals surface area contributed by atoms with Crippen LogP contribution < -0.4 is 5.32 Å². The molecule has 2 nitrogen and oxygen atoms in total. The van der Waals surface area contributed by atoms with Crippen LogP contribution in [0.2, 0.25) is 0 Å². The van der Waals surface area contributed by atoms with Crippen LogP contribution in [0, 0.1) is 5.41 Å². The van der Waals surface area contributed by atoms with Gasteiger partial charge in [0.1, 0.15) is 0 Å². The van der Waals surface area contributed by atoms with Crippen molar-refractivity contribution in [2.24, 2.45) is 5.41 Å². The highest BCUT2D eigenvalue weighted by Crippen LogP contribution is 2.47. The normalized spacial score (nSPS) is 20.8. The summed E-state index contributed by atoms with van der Waals surface area (Å²) in [5, 5.41) is 3.88. The largest absolute Gasteiger partial charge is 0.313 e. The van der Waals surface area contributed by atoms with Crippen molar-refractivity contribution < 1.29 is 0 Å². The number of aromatic nitrogens is 1. The molecule has 0 aliphatic heterocycles. The second-order valence-corrected chi connectivity index (χ2v) is 6.42. The van der Waals surface area contributed by atoms with E-state index in [0.717, 1.165) is 6.54 Å². The Morgan fingerprint density at radius 3 is 2.40 bits per heavy atom. The van der Waals surface area contributed by atoms with Gasteiger partial charge < -0.3 is 5.32 Å². The number of rotatable bonds is 7. The molecule has 0 amide bonds. The second-order valence-electron chi connectivity index (χ2n) is 6.42. The highest BCUT2D eigenvalue weighted by Gasteiger charge is 2.42. The van der Waals surface area contributed by atoms with Gasteiger partial charge in [0.15, 0.2) is 0 Å². The molecule has 2 heteroatoms. The fourth-order valence-electron chi connectivity index (χ4n) is 4.05. The summed E-state index contributed by atoms with van der Waals surface area (Å²) in [6.07, 6.45) is 11.9. The molecule has 1 aliphatic rings. The molecule has 0 spiro atoms. The summed E-state index contributed by atoms with van der Waals surface area (Å²) in [6, 6.07) is 4.96. The summed E-state index contributed by atoms with van der Waals surface area (Å²) in [5.41, 5.74) is 1.92. The Bertz CT molecular complexity index is 382. The van der Waals surface area contributed by atoms with Crippen molar-refractivity contribution >= 4 is 0 Å². The molecule has 1 saturated carbocycles. The molecule has 0 radical (unpaired) electrons. The molecule has 112 valence electrons. The van der Waals surface area contributed by atoms with Gasteiger partial charge in [-0.15, -0.1) is 0 Å². The zero-order chi connectivity index (χ0) is 14.4. The standard InChI is InChI=1S/C18H30N2/c1-4-12-20-17(18(5-2)10-6-7-11-18)15(3)16-8-13-19-14-9-16/h8-9,13-15,17,20H,4-7,10-12H2,1-3H3. The molecule has 2 rings (SSSR count). The van der Waals surface area contributed by atoms with Gasteiger partial charge in [-0.1, -0.05) is 33.6 Å². The first kappa shape index (κ1) is 15.5. The van der Waals surface area contributed by atoms with Gasteiger partial charge in [-0.3, -0.25) is 4.98 Å². The van der Waals surface area contributed by atoms with Crippen LogP contribution in [0.1, 0.15) is 70.8 Å². The van der Waals surface area contributed by atoms with Gasteiger partial charge >= 0.3 is 0 Å². The van der Waals surface area contributed by atoms with Crippen molar-refractivity contribution in [1.82, 2.24) is 10.3 Å². The fraction of sp³-hybridized carbons (Fsp3) is 0.722. The van der Waals surface area contributed by atoms with Crippen molar-refractivity contribution in [2.75, 3.05) is 6.54 Å². The summed E-state index contributed by atoms with van der Waals surface area (Å²) in [7, 11) is 0. The maximum absolute atomic E-state index is 4.16. The smallest absolute Gasteiger partial charge is 0.0270 e. The lowest BCUT2D eigenvalue weighted by molar-refractivity contribution is 0.165. The minimum atomic E-state index is 0.498. The first-order valence-corrected chi connectivity index (χ1v) is 8.37. The predicted octanol–water partition coefficient (Wildman–Crippen LogP) is 4.52. The molecule has 1 aromatic heterocycles. The molecule has 1 N–H and O–H groups in total. The topological polar surface area (TPSA) is 24.9 Å². The van der Waals surface area contributed by atoms with Crippen molar-refractivity contribution in [1.29, 1.82) is 0 Å². The number of hydrogen-bond donors (Lipinski definition) is 1. The molecule has 1 aliphatic carbocycles. The molecular formula is C18H30N2. The summed E-state index contributed by atoms with van der Waals surface area (Å²) < 4.78 is 0. The number of nitrogens with zero attached hydrogens (tertiary/aromatic N) is 1. The van der Waals surface area contributed by atoms with Crippen LogP contribution in [0.15, 0.2) is 24.5 Å². The van der Waals surface area contributed by atoms with E-state index in [9.17, 15) is 0 Å². The van der Waals surface area contributed by atoms with E-state index in [1.54, 1.807) is 0 Å². The zero-order valence-corrected chi connectivity index (χ0v) is 13.4.